The van der Waals surface area contributed by atoms with Gasteiger partial charge in [0.15, 0.2) is 0 Å². The first-order valence-corrected chi connectivity index (χ1v) is 13.5. The first-order chi connectivity index (χ1) is 18.8. The molecular weight excluding hydrogens is 559 g/mol. The lowest BCUT2D eigenvalue weighted by Gasteiger charge is -2.48. The van der Waals surface area contributed by atoms with Crippen molar-refractivity contribution in [2.24, 2.45) is 17.1 Å². The Hall–Kier alpha value is -3.06. The zero-order chi connectivity index (χ0) is 31.7. The van der Waals surface area contributed by atoms with Gasteiger partial charge in [0, 0.05) is 48.8 Å². The van der Waals surface area contributed by atoms with Crippen LogP contribution in [0.3, 0.4) is 0 Å². The molecule has 0 unspecified atom stereocenters. The van der Waals surface area contributed by atoms with Crippen LogP contribution in [0.25, 0.3) is 0 Å². The van der Waals surface area contributed by atoms with E-state index in [1.807, 2.05) is 32.6 Å². The Morgan fingerprint density at radius 2 is 1.76 bits per heavy atom. The van der Waals surface area contributed by atoms with Gasteiger partial charge in [0.1, 0.15) is 5.82 Å². The van der Waals surface area contributed by atoms with E-state index in [1.54, 1.807) is 13.8 Å². The molecule has 11 nitrogen and oxygen atoms in total. The molecule has 2 amide bonds. The Kier molecular flexibility index (Phi) is 13.4. The summed E-state index contributed by atoms with van der Waals surface area (Å²) in [5, 5.41) is 29.6. The van der Waals surface area contributed by atoms with Crippen molar-refractivity contribution < 1.29 is 38.9 Å². The Balaban J connectivity index is 0.000000915. The van der Waals surface area contributed by atoms with Crippen LogP contribution >= 0.6 is 11.6 Å². The molecule has 0 spiro atoms. The van der Waals surface area contributed by atoms with Crippen molar-refractivity contribution in [3.63, 3.8) is 0 Å². The summed E-state index contributed by atoms with van der Waals surface area (Å²) in [6, 6.07) is 3.29. The lowest BCUT2D eigenvalue weighted by atomic mass is 9.83. The number of aliphatic hydroxyl groups excluding tert-OH is 1. The molecule has 13 heteroatoms. The third-order valence-electron chi connectivity index (χ3n) is 6.53. The number of anilines is 1. The molecule has 1 aliphatic rings. The average Bonchev–Trinajstić information content (AvgIpc) is 2.84. The van der Waals surface area contributed by atoms with E-state index in [-0.39, 0.29) is 31.3 Å². The van der Waals surface area contributed by atoms with Crippen molar-refractivity contribution in [2.75, 3.05) is 31.1 Å². The normalized spacial score (nSPS) is 17.1. The van der Waals surface area contributed by atoms with Crippen molar-refractivity contribution in [3.05, 3.63) is 41.2 Å². The minimum atomic E-state index is -1.26. The van der Waals surface area contributed by atoms with Gasteiger partial charge >= 0.3 is 11.9 Å². The highest BCUT2D eigenvalue weighted by atomic mass is 35.5. The Morgan fingerprint density at radius 1 is 1.20 bits per heavy atom. The highest BCUT2D eigenvalue weighted by Gasteiger charge is 2.41. The summed E-state index contributed by atoms with van der Waals surface area (Å²) in [7, 11) is 0. The van der Waals surface area contributed by atoms with Crippen LogP contribution < -0.4 is 16.0 Å². The van der Waals surface area contributed by atoms with E-state index in [2.05, 4.69) is 5.32 Å². The number of carboxylic acid groups (broad SMARTS) is 2. The predicted molar refractivity (Wildman–Crippen MR) is 154 cm³/mol. The number of carbonyl (C=O) groups excluding carboxylic acids is 2. The molecule has 41 heavy (non-hydrogen) atoms. The Morgan fingerprint density at radius 3 is 2.27 bits per heavy atom. The van der Waals surface area contributed by atoms with Gasteiger partial charge < -0.3 is 31.3 Å². The molecule has 1 heterocycles. The molecule has 0 aromatic heterocycles. The van der Waals surface area contributed by atoms with Crippen molar-refractivity contribution >= 4 is 41.0 Å². The number of halogens is 2. The first kappa shape index (κ1) is 36.0. The maximum absolute atomic E-state index is 13.8. The van der Waals surface area contributed by atoms with Crippen molar-refractivity contribution in [2.45, 2.75) is 65.6 Å². The monoisotopic (exact) mass is 600 g/mol. The zero-order valence-electron chi connectivity index (χ0n) is 24.4. The Bertz CT molecular complexity index is 1110. The number of nitrogens with zero attached hydrogens (tertiary/aromatic N) is 2. The van der Waals surface area contributed by atoms with E-state index >= 15 is 0 Å². The Labute approximate surface area is 245 Å². The molecule has 1 aromatic carbocycles. The van der Waals surface area contributed by atoms with Gasteiger partial charge in [0.2, 0.25) is 11.8 Å². The highest BCUT2D eigenvalue weighted by molar-refractivity contribution is 6.33. The summed E-state index contributed by atoms with van der Waals surface area (Å²) in [6.45, 7) is 12.7. The number of rotatable bonds is 11. The van der Waals surface area contributed by atoms with Crippen LogP contribution in [0.4, 0.5) is 10.1 Å². The van der Waals surface area contributed by atoms with E-state index in [9.17, 15) is 28.7 Å². The maximum atomic E-state index is 13.8. The molecule has 0 aliphatic carbocycles. The lowest BCUT2D eigenvalue weighted by molar-refractivity contribution is -0.134. The summed E-state index contributed by atoms with van der Waals surface area (Å²) < 4.78 is 13.8. The van der Waals surface area contributed by atoms with E-state index in [0.717, 1.165) is 0 Å². The van der Waals surface area contributed by atoms with E-state index < -0.39 is 40.9 Å². The number of nitrogens with two attached hydrogens (primary N) is 1. The number of carboxylic acids is 2. The molecule has 1 fully saturated rings. The molecule has 2 rings (SSSR count). The van der Waals surface area contributed by atoms with Crippen LogP contribution in [0.15, 0.2) is 30.4 Å². The maximum Gasteiger partial charge on any atom is 0.328 e. The number of benzene rings is 1. The fraction of sp³-hybridized carbons (Fsp3) is 0.571. The highest BCUT2D eigenvalue weighted by Crippen LogP contribution is 2.32. The molecule has 0 saturated carbocycles. The molecule has 0 bridgehead atoms. The third-order valence-corrected chi connectivity index (χ3v) is 6.85. The largest absolute Gasteiger partial charge is 0.478 e. The van der Waals surface area contributed by atoms with Crippen molar-refractivity contribution in [1.82, 2.24) is 10.2 Å². The molecule has 1 saturated heterocycles. The second-order valence-electron chi connectivity index (χ2n) is 11.7. The smallest absolute Gasteiger partial charge is 0.328 e. The minimum Gasteiger partial charge on any atom is -0.478 e. The van der Waals surface area contributed by atoms with Gasteiger partial charge in [-0.1, -0.05) is 39.3 Å². The predicted octanol–water partition coefficient (Wildman–Crippen LogP) is 2.49. The first-order valence-electron chi connectivity index (χ1n) is 13.1. The van der Waals surface area contributed by atoms with Gasteiger partial charge in [0.25, 0.3) is 0 Å². The summed E-state index contributed by atoms with van der Waals surface area (Å²) in [4.78, 5) is 47.9. The van der Waals surface area contributed by atoms with Gasteiger partial charge in [-0.3, -0.25) is 14.5 Å². The number of aliphatic carboxylic acids is 2. The number of piperazine rings is 1. The number of nitrogens with one attached hydrogen (secondary N) is 1. The molecule has 230 valence electrons. The van der Waals surface area contributed by atoms with Crippen LogP contribution in [0.5, 0.6) is 0 Å². The number of carbonyl (C=O) groups is 4. The van der Waals surface area contributed by atoms with Gasteiger partial charge in [-0.05, 0) is 44.4 Å². The number of amides is 2. The van der Waals surface area contributed by atoms with Gasteiger partial charge in [-0.2, -0.15) is 0 Å². The third kappa shape index (κ3) is 11.8. The van der Waals surface area contributed by atoms with Crippen molar-refractivity contribution in [3.8, 4) is 0 Å². The SMILES string of the molecule is CC(C)CNC(=O)C(C)(C)C[C@H](O)[C@@H](N)CN1CC(=O)N(c2cc(F)ccc2Cl)CC1(C)C.O=C(O)/C=C/C(=O)O. The second kappa shape index (κ2) is 15.2. The molecule has 6 N–H and O–H groups in total. The topological polar surface area (TPSA) is 173 Å². The van der Waals surface area contributed by atoms with Crippen LogP contribution in [0.2, 0.25) is 5.02 Å². The molecule has 0 radical (unpaired) electrons. The lowest BCUT2D eigenvalue weighted by Crippen LogP contribution is -2.64. The summed E-state index contributed by atoms with van der Waals surface area (Å²) in [5.41, 5.74) is 5.37. The summed E-state index contributed by atoms with van der Waals surface area (Å²) >= 11 is 6.22. The van der Waals surface area contributed by atoms with Crippen LogP contribution in [-0.2, 0) is 19.2 Å². The molecular formula is C28H42ClFN4O7. The second-order valence-corrected chi connectivity index (χ2v) is 12.1. The summed E-state index contributed by atoms with van der Waals surface area (Å²) in [5.74, 6) is -3.00. The number of hydrogen-bond acceptors (Lipinski definition) is 7. The zero-order valence-corrected chi connectivity index (χ0v) is 25.1. The quantitative estimate of drug-likeness (QED) is 0.239. The van der Waals surface area contributed by atoms with E-state index in [4.69, 9.17) is 27.5 Å². The molecule has 2 atom stereocenters. The van der Waals surface area contributed by atoms with Gasteiger partial charge in [-0.15, -0.1) is 0 Å². The van der Waals surface area contributed by atoms with E-state index in [1.165, 1.54) is 23.1 Å². The average molecular weight is 601 g/mol. The van der Waals surface area contributed by atoms with Crippen LogP contribution in [0.1, 0.15) is 48.0 Å². The van der Waals surface area contributed by atoms with Gasteiger partial charge in [-0.25, -0.2) is 14.0 Å². The van der Waals surface area contributed by atoms with Crippen LogP contribution in [-0.4, -0.2) is 87.8 Å². The van der Waals surface area contributed by atoms with Gasteiger partial charge in [0.05, 0.1) is 23.4 Å². The fourth-order valence-corrected chi connectivity index (χ4v) is 4.30. The van der Waals surface area contributed by atoms with Crippen LogP contribution in [0, 0.1) is 17.2 Å². The molecule has 1 aromatic rings. The van der Waals surface area contributed by atoms with E-state index in [0.29, 0.717) is 41.9 Å². The standard InChI is InChI=1S/C24H38ClFN4O3.C4H4O4/c1-15(2)11-28-22(33)23(3,4)10-20(31)18(27)12-29-13-21(32)30(14-24(29,5)6)19-9-16(26)7-8-17(19)25;5-3(6)1-2-4(7)8/h7-9,15,18,20,31H,10-14,27H2,1-6H3,(H,28,33);1-2H,(H,5,6)(H,7,8)/b;2-1+/t18-,20-;/m0./s1. The number of hydrogen-bond donors (Lipinski definition) is 5. The summed E-state index contributed by atoms with van der Waals surface area (Å²) in [6.07, 6.45) is 0.391. The fourth-order valence-electron chi connectivity index (χ4n) is 4.08. The minimum absolute atomic E-state index is 0.0541. The number of aliphatic hydroxyl groups is 1. The molecule has 1 aliphatic heterocycles. The van der Waals surface area contributed by atoms with Crippen molar-refractivity contribution in [1.29, 1.82) is 0 Å².